The number of rotatable bonds is 6. The van der Waals surface area contributed by atoms with Crippen LogP contribution in [-0.4, -0.2) is 51.1 Å². The van der Waals surface area contributed by atoms with Crippen molar-refractivity contribution in [3.63, 3.8) is 0 Å². The molecule has 0 atom stereocenters. The molecule has 0 aliphatic carbocycles. The zero-order valence-electron chi connectivity index (χ0n) is 13.3. The van der Waals surface area contributed by atoms with Crippen LogP contribution in [0.1, 0.15) is 0 Å². The molecule has 0 aliphatic heterocycles. The average Bonchev–Trinajstić information content (AvgIpc) is 1.70. The predicted molar refractivity (Wildman–Crippen MR) is 84.8 cm³/mol. The standard InChI is InChI=1S/C9H27BO3Si3.Li/c1-14(2,3)11-10(12-15(4,5)6)13-16(7,8)9;/h1-9H3;. The Kier molecular flexibility index (Phi) is 8.57. The van der Waals surface area contributed by atoms with Crippen molar-refractivity contribution >= 4 is 51.1 Å². The van der Waals surface area contributed by atoms with E-state index >= 15 is 0 Å². The summed E-state index contributed by atoms with van der Waals surface area (Å²) in [5.41, 5.74) is 0. The van der Waals surface area contributed by atoms with Crippen LogP contribution in [0.15, 0.2) is 0 Å². The van der Waals surface area contributed by atoms with Crippen LogP contribution >= 0.6 is 0 Å². The summed E-state index contributed by atoms with van der Waals surface area (Å²) in [4.78, 5) is 0. The Hall–Kier alpha value is 1.19. The minimum absolute atomic E-state index is 0. The van der Waals surface area contributed by atoms with Crippen LogP contribution in [0.3, 0.4) is 0 Å². The fourth-order valence-corrected chi connectivity index (χ4v) is 3.25. The molecule has 0 rings (SSSR count). The van der Waals surface area contributed by atoms with Crippen molar-refractivity contribution in [2.45, 2.75) is 58.9 Å². The van der Waals surface area contributed by atoms with Crippen LogP contribution < -0.4 is 0 Å². The van der Waals surface area contributed by atoms with E-state index in [0.717, 1.165) is 0 Å². The summed E-state index contributed by atoms with van der Waals surface area (Å²) in [5, 5.41) is 0. The van der Waals surface area contributed by atoms with Crippen LogP contribution in [0.5, 0.6) is 0 Å². The first-order valence-corrected chi connectivity index (χ1v) is 16.0. The molecular weight excluding hydrogens is 258 g/mol. The van der Waals surface area contributed by atoms with Gasteiger partial charge < -0.3 is 13.0 Å². The largest absolute Gasteiger partial charge is 0.606 e. The normalized spacial score (nSPS) is 13.2. The first kappa shape index (κ1) is 20.5. The molecular formula is C9H27BLiO3Si3. The number of hydrogen-bond donors (Lipinski definition) is 0. The van der Waals surface area contributed by atoms with Gasteiger partial charge in [-0.25, -0.2) is 0 Å². The molecule has 0 amide bonds. The van der Waals surface area contributed by atoms with Crippen molar-refractivity contribution in [1.82, 2.24) is 0 Å². The third-order valence-corrected chi connectivity index (χ3v) is 4.05. The summed E-state index contributed by atoms with van der Waals surface area (Å²) < 4.78 is 17.9. The van der Waals surface area contributed by atoms with Gasteiger partial charge in [0, 0.05) is 18.9 Å². The molecule has 0 N–H and O–H groups in total. The van der Waals surface area contributed by atoms with Gasteiger partial charge in [-0.1, -0.05) is 0 Å². The van der Waals surface area contributed by atoms with Gasteiger partial charge in [0.25, 0.3) is 0 Å². The zero-order valence-corrected chi connectivity index (χ0v) is 16.3. The minimum atomic E-state index is -1.63. The monoisotopic (exact) mass is 285 g/mol. The third-order valence-electron chi connectivity index (χ3n) is 1.35. The maximum atomic E-state index is 5.95. The summed E-state index contributed by atoms with van der Waals surface area (Å²) in [6.07, 6.45) is 0. The number of hydrogen-bond acceptors (Lipinski definition) is 3. The Labute approximate surface area is 123 Å². The molecule has 0 spiro atoms. The van der Waals surface area contributed by atoms with Crippen LogP contribution in [0.2, 0.25) is 58.9 Å². The Bertz CT molecular complexity index is 185. The van der Waals surface area contributed by atoms with Gasteiger partial charge in [-0.05, 0) is 58.9 Å². The van der Waals surface area contributed by atoms with Crippen molar-refractivity contribution < 1.29 is 13.0 Å². The molecule has 0 aromatic carbocycles. The molecule has 17 heavy (non-hydrogen) atoms. The summed E-state index contributed by atoms with van der Waals surface area (Å²) in [5.74, 6) is 0. The van der Waals surface area contributed by atoms with Crippen molar-refractivity contribution in [2.24, 2.45) is 0 Å². The SMILES string of the molecule is C[Si](C)(C)OB(O[Si](C)(C)C)O[Si](C)(C)C.[Li]. The van der Waals surface area contributed by atoms with E-state index in [2.05, 4.69) is 58.9 Å². The van der Waals surface area contributed by atoms with E-state index in [0.29, 0.717) is 0 Å². The van der Waals surface area contributed by atoms with E-state index in [9.17, 15) is 0 Å². The van der Waals surface area contributed by atoms with Crippen LogP contribution in [0.25, 0.3) is 0 Å². The first-order chi connectivity index (χ1) is 6.79. The van der Waals surface area contributed by atoms with Gasteiger partial charge in [0.05, 0.1) is 0 Å². The maximum Gasteiger partial charge on any atom is 0.606 e. The van der Waals surface area contributed by atoms with Crippen LogP contribution in [-0.2, 0) is 13.0 Å². The Morgan fingerprint density at radius 3 is 0.824 bits per heavy atom. The van der Waals surface area contributed by atoms with Gasteiger partial charge in [-0.2, -0.15) is 0 Å². The molecule has 0 aromatic heterocycles. The van der Waals surface area contributed by atoms with Crippen molar-refractivity contribution in [2.75, 3.05) is 0 Å². The molecule has 0 unspecified atom stereocenters. The zero-order chi connectivity index (χ0) is 13.2. The van der Waals surface area contributed by atoms with Gasteiger partial charge in [-0.3, -0.25) is 0 Å². The summed E-state index contributed by atoms with van der Waals surface area (Å²) in [7, 11) is -5.33. The van der Waals surface area contributed by atoms with Crippen LogP contribution in [0.4, 0.5) is 0 Å². The van der Waals surface area contributed by atoms with Gasteiger partial charge >= 0.3 is 7.32 Å². The second-order valence-electron chi connectivity index (χ2n) is 6.98. The summed E-state index contributed by atoms with van der Waals surface area (Å²) in [6.45, 7) is 19.4. The fourth-order valence-electron chi connectivity index (χ4n) is 0.938. The molecule has 0 fully saturated rings. The van der Waals surface area contributed by atoms with Gasteiger partial charge in [0.1, 0.15) is 0 Å². The van der Waals surface area contributed by atoms with Crippen molar-refractivity contribution in [3.8, 4) is 0 Å². The Morgan fingerprint density at radius 1 is 0.529 bits per heavy atom. The molecule has 8 heteroatoms. The minimum Gasteiger partial charge on any atom is -0.430 e. The molecule has 0 aromatic rings. The molecule has 3 nitrogen and oxygen atoms in total. The predicted octanol–water partition coefficient (Wildman–Crippen LogP) is 3.15. The third kappa shape index (κ3) is 15.1. The van der Waals surface area contributed by atoms with E-state index < -0.39 is 32.3 Å². The molecule has 0 saturated heterocycles. The molecule has 0 heterocycles. The fraction of sp³-hybridized carbons (Fsp3) is 1.00. The molecule has 97 valence electrons. The molecule has 0 saturated carbocycles. The van der Waals surface area contributed by atoms with E-state index in [4.69, 9.17) is 13.0 Å². The van der Waals surface area contributed by atoms with E-state index in [-0.39, 0.29) is 18.9 Å². The van der Waals surface area contributed by atoms with Crippen molar-refractivity contribution in [3.05, 3.63) is 0 Å². The Balaban J connectivity index is 0. The molecule has 0 aliphatic rings. The quantitative estimate of drug-likeness (QED) is 0.702. The van der Waals surface area contributed by atoms with Gasteiger partial charge in [0.2, 0.25) is 0 Å². The second-order valence-corrected chi connectivity index (χ2v) is 20.4. The second kappa shape index (κ2) is 7.10. The van der Waals surface area contributed by atoms with Crippen molar-refractivity contribution in [1.29, 1.82) is 0 Å². The molecule has 1 radical (unpaired) electrons. The van der Waals surface area contributed by atoms with E-state index in [1.165, 1.54) is 0 Å². The smallest absolute Gasteiger partial charge is 0.430 e. The van der Waals surface area contributed by atoms with Gasteiger partial charge in [-0.15, -0.1) is 0 Å². The van der Waals surface area contributed by atoms with E-state index in [1.54, 1.807) is 0 Å². The molecule has 0 bridgehead atoms. The summed E-state index contributed by atoms with van der Waals surface area (Å²) >= 11 is 0. The maximum absolute atomic E-state index is 5.95. The first-order valence-electron chi connectivity index (χ1n) is 5.82. The van der Waals surface area contributed by atoms with Crippen LogP contribution in [0, 0.1) is 0 Å². The van der Waals surface area contributed by atoms with Gasteiger partial charge in [0.15, 0.2) is 25.0 Å². The van der Waals surface area contributed by atoms with E-state index in [1.807, 2.05) is 0 Å². The summed E-state index contributed by atoms with van der Waals surface area (Å²) in [6, 6.07) is 0. The average molecular weight is 285 g/mol. The Morgan fingerprint density at radius 2 is 0.706 bits per heavy atom. The topological polar surface area (TPSA) is 27.7 Å².